The topological polar surface area (TPSA) is 29.3 Å². The molecular weight excluding hydrogens is 296 g/mol. The maximum absolute atomic E-state index is 6.35. The molecule has 0 radical (unpaired) electrons. The number of rotatable bonds is 3. The van der Waals surface area contributed by atoms with E-state index in [-0.39, 0.29) is 6.04 Å². The molecule has 0 amide bonds. The Hall–Kier alpha value is -0.0300. The number of benzene rings is 1. The van der Waals surface area contributed by atoms with E-state index in [4.69, 9.17) is 5.73 Å². The van der Waals surface area contributed by atoms with Crippen molar-refractivity contribution in [3.05, 3.63) is 34.3 Å². The SMILES string of the molecule is CN1CCSCC1C(N)Cc1cccc(Br)c1. The summed E-state index contributed by atoms with van der Waals surface area (Å²) in [6.07, 6.45) is 0.953. The maximum atomic E-state index is 6.35. The van der Waals surface area contributed by atoms with Crippen LogP contribution in [0.15, 0.2) is 28.7 Å². The highest BCUT2D eigenvalue weighted by molar-refractivity contribution is 9.10. The smallest absolute Gasteiger partial charge is 0.0338 e. The van der Waals surface area contributed by atoms with Gasteiger partial charge in [0.05, 0.1) is 0 Å². The van der Waals surface area contributed by atoms with Crippen LogP contribution in [0.3, 0.4) is 0 Å². The van der Waals surface area contributed by atoms with Crippen LogP contribution in [0.1, 0.15) is 5.56 Å². The molecule has 1 aliphatic heterocycles. The first-order valence-electron chi connectivity index (χ1n) is 5.95. The lowest BCUT2D eigenvalue weighted by molar-refractivity contribution is 0.235. The summed E-state index contributed by atoms with van der Waals surface area (Å²) in [7, 11) is 2.19. The predicted octanol–water partition coefficient (Wildman–Crippen LogP) is 2.37. The molecule has 1 aromatic carbocycles. The van der Waals surface area contributed by atoms with Crippen molar-refractivity contribution in [3.63, 3.8) is 0 Å². The highest BCUT2D eigenvalue weighted by Gasteiger charge is 2.25. The summed E-state index contributed by atoms with van der Waals surface area (Å²) in [5, 5.41) is 0. The molecule has 1 saturated heterocycles. The number of hydrogen-bond donors (Lipinski definition) is 1. The molecule has 2 rings (SSSR count). The number of thioether (sulfide) groups is 1. The Morgan fingerprint density at radius 2 is 2.41 bits per heavy atom. The van der Waals surface area contributed by atoms with Gasteiger partial charge in [-0.25, -0.2) is 0 Å². The largest absolute Gasteiger partial charge is 0.326 e. The van der Waals surface area contributed by atoms with E-state index in [2.05, 4.69) is 52.1 Å². The fraction of sp³-hybridized carbons (Fsp3) is 0.538. The first-order valence-corrected chi connectivity index (χ1v) is 7.89. The van der Waals surface area contributed by atoms with E-state index in [1.54, 1.807) is 0 Å². The molecule has 2 unspecified atom stereocenters. The highest BCUT2D eigenvalue weighted by Crippen LogP contribution is 2.19. The third-order valence-corrected chi connectivity index (χ3v) is 4.84. The molecule has 17 heavy (non-hydrogen) atoms. The summed E-state index contributed by atoms with van der Waals surface area (Å²) in [5.74, 6) is 2.39. The zero-order valence-corrected chi connectivity index (χ0v) is 12.5. The van der Waals surface area contributed by atoms with Crippen LogP contribution in [-0.4, -0.2) is 42.1 Å². The van der Waals surface area contributed by atoms with E-state index < -0.39 is 0 Å². The first kappa shape index (κ1) is 13.4. The van der Waals surface area contributed by atoms with Crippen LogP contribution >= 0.6 is 27.7 Å². The van der Waals surface area contributed by atoms with Crippen molar-refractivity contribution in [2.75, 3.05) is 25.1 Å². The van der Waals surface area contributed by atoms with Crippen LogP contribution in [0, 0.1) is 0 Å². The fourth-order valence-corrected chi connectivity index (χ4v) is 4.00. The van der Waals surface area contributed by atoms with Gasteiger partial charge in [-0.2, -0.15) is 11.8 Å². The molecule has 0 bridgehead atoms. The standard InChI is InChI=1S/C13H19BrN2S/c1-16-5-6-17-9-13(16)12(15)8-10-3-2-4-11(14)7-10/h2-4,7,12-13H,5-6,8-9,15H2,1H3. The molecule has 2 atom stereocenters. The average Bonchev–Trinajstić information content (AvgIpc) is 2.29. The lowest BCUT2D eigenvalue weighted by Gasteiger charge is -2.36. The van der Waals surface area contributed by atoms with Crippen molar-refractivity contribution in [1.82, 2.24) is 4.90 Å². The first-order chi connectivity index (χ1) is 8.16. The molecule has 0 aliphatic carbocycles. The van der Waals surface area contributed by atoms with E-state index in [9.17, 15) is 0 Å². The molecule has 1 fully saturated rings. The van der Waals surface area contributed by atoms with Crippen molar-refractivity contribution >= 4 is 27.7 Å². The molecule has 4 heteroatoms. The lowest BCUT2D eigenvalue weighted by atomic mass is 10.0. The Morgan fingerprint density at radius 1 is 1.59 bits per heavy atom. The summed E-state index contributed by atoms with van der Waals surface area (Å²) in [4.78, 5) is 2.40. The molecular formula is C13H19BrN2S. The van der Waals surface area contributed by atoms with E-state index in [1.807, 2.05) is 11.8 Å². The quantitative estimate of drug-likeness (QED) is 0.928. The Kier molecular flexibility index (Phi) is 4.91. The summed E-state index contributed by atoms with van der Waals surface area (Å²) >= 11 is 5.52. The van der Waals surface area contributed by atoms with Crippen LogP contribution in [0.4, 0.5) is 0 Å². The highest BCUT2D eigenvalue weighted by atomic mass is 79.9. The Balaban J connectivity index is 1.98. The van der Waals surface area contributed by atoms with Crippen molar-refractivity contribution < 1.29 is 0 Å². The Morgan fingerprint density at radius 3 is 3.12 bits per heavy atom. The van der Waals surface area contributed by atoms with Crippen molar-refractivity contribution in [1.29, 1.82) is 0 Å². The number of halogens is 1. The van der Waals surface area contributed by atoms with Gasteiger partial charge in [0, 0.05) is 34.6 Å². The number of likely N-dealkylation sites (N-methyl/N-ethyl adjacent to an activating group) is 1. The van der Waals surface area contributed by atoms with Gasteiger partial charge in [0.25, 0.3) is 0 Å². The van der Waals surface area contributed by atoms with Gasteiger partial charge in [-0.15, -0.1) is 0 Å². The Bertz CT molecular complexity index is 372. The van der Waals surface area contributed by atoms with E-state index in [0.29, 0.717) is 6.04 Å². The molecule has 0 saturated carbocycles. The summed E-state index contributed by atoms with van der Waals surface area (Å²) < 4.78 is 1.13. The van der Waals surface area contributed by atoms with Crippen molar-refractivity contribution in [2.45, 2.75) is 18.5 Å². The van der Waals surface area contributed by atoms with Gasteiger partial charge in [-0.05, 0) is 31.2 Å². The van der Waals surface area contributed by atoms with Gasteiger partial charge in [0.1, 0.15) is 0 Å². The van der Waals surface area contributed by atoms with Gasteiger partial charge < -0.3 is 10.6 Å². The molecule has 94 valence electrons. The van der Waals surface area contributed by atoms with Gasteiger partial charge in [0.2, 0.25) is 0 Å². The van der Waals surface area contributed by atoms with Gasteiger partial charge in [-0.1, -0.05) is 28.1 Å². The minimum absolute atomic E-state index is 0.224. The molecule has 2 N–H and O–H groups in total. The normalized spacial score (nSPS) is 23.6. The van der Waals surface area contributed by atoms with Crippen molar-refractivity contribution in [2.24, 2.45) is 5.73 Å². The third-order valence-electron chi connectivity index (χ3n) is 3.30. The van der Waals surface area contributed by atoms with Gasteiger partial charge in [0.15, 0.2) is 0 Å². The predicted molar refractivity (Wildman–Crippen MR) is 79.6 cm³/mol. The Labute approximate surface area is 116 Å². The fourth-order valence-electron chi connectivity index (χ4n) is 2.23. The van der Waals surface area contributed by atoms with Gasteiger partial charge >= 0.3 is 0 Å². The molecule has 1 aromatic rings. The monoisotopic (exact) mass is 314 g/mol. The van der Waals surface area contributed by atoms with Crippen molar-refractivity contribution in [3.8, 4) is 0 Å². The number of nitrogens with two attached hydrogens (primary N) is 1. The average molecular weight is 315 g/mol. The number of nitrogens with zero attached hydrogens (tertiary/aromatic N) is 1. The second kappa shape index (κ2) is 6.23. The zero-order chi connectivity index (χ0) is 12.3. The minimum Gasteiger partial charge on any atom is -0.326 e. The van der Waals surface area contributed by atoms with Crippen LogP contribution in [-0.2, 0) is 6.42 Å². The molecule has 1 heterocycles. The van der Waals surface area contributed by atoms with Crippen LogP contribution < -0.4 is 5.73 Å². The van der Waals surface area contributed by atoms with Crippen LogP contribution in [0.5, 0.6) is 0 Å². The second-order valence-electron chi connectivity index (χ2n) is 4.62. The molecule has 1 aliphatic rings. The van der Waals surface area contributed by atoms with E-state index >= 15 is 0 Å². The minimum atomic E-state index is 0.224. The van der Waals surface area contributed by atoms with Crippen LogP contribution in [0.25, 0.3) is 0 Å². The van der Waals surface area contributed by atoms with Crippen LogP contribution in [0.2, 0.25) is 0 Å². The second-order valence-corrected chi connectivity index (χ2v) is 6.69. The lowest BCUT2D eigenvalue weighted by Crippen LogP contribution is -2.51. The summed E-state index contributed by atoms with van der Waals surface area (Å²) in [5.41, 5.74) is 7.67. The summed E-state index contributed by atoms with van der Waals surface area (Å²) in [6.45, 7) is 1.15. The molecule has 2 nitrogen and oxygen atoms in total. The zero-order valence-electron chi connectivity index (χ0n) is 10.1. The van der Waals surface area contributed by atoms with E-state index in [0.717, 1.165) is 23.2 Å². The summed E-state index contributed by atoms with van der Waals surface area (Å²) in [6, 6.07) is 9.18. The third kappa shape index (κ3) is 3.71. The maximum Gasteiger partial charge on any atom is 0.0338 e. The van der Waals surface area contributed by atoms with E-state index in [1.165, 1.54) is 11.3 Å². The molecule has 0 aromatic heterocycles. The van der Waals surface area contributed by atoms with Gasteiger partial charge in [-0.3, -0.25) is 0 Å². The number of hydrogen-bond acceptors (Lipinski definition) is 3. The molecule has 0 spiro atoms.